The number of rotatable bonds is 5. The quantitative estimate of drug-likeness (QED) is 0.669. The average molecular weight is 340 g/mol. The molecule has 2 aromatic rings. The Bertz CT molecular complexity index is 829. The first-order chi connectivity index (χ1) is 12.0. The number of para-hydroxylation sites is 1. The van der Waals surface area contributed by atoms with Gasteiger partial charge in [0.05, 0.1) is 7.11 Å². The van der Waals surface area contributed by atoms with E-state index in [4.69, 9.17) is 0 Å². The van der Waals surface area contributed by atoms with Crippen molar-refractivity contribution in [3.8, 4) is 0 Å². The first kappa shape index (κ1) is 17.3. The van der Waals surface area contributed by atoms with E-state index in [0.717, 1.165) is 29.3 Å². The van der Waals surface area contributed by atoms with Gasteiger partial charge in [-0.25, -0.2) is 4.79 Å². The lowest BCUT2D eigenvalue weighted by Gasteiger charge is -2.18. The maximum absolute atomic E-state index is 12.9. The largest absolute Gasteiger partial charge is 0.466 e. The molecule has 1 aromatic heterocycles. The zero-order valence-electron chi connectivity index (χ0n) is 14.8. The Morgan fingerprint density at radius 2 is 1.96 bits per heavy atom. The van der Waals surface area contributed by atoms with Gasteiger partial charge in [-0.2, -0.15) is 0 Å². The molecule has 1 heterocycles. The third-order valence-corrected chi connectivity index (χ3v) is 5.01. The Balaban J connectivity index is 1.95. The minimum absolute atomic E-state index is 0.0805. The number of carbonyl (C=O) groups is 2. The highest BCUT2D eigenvalue weighted by molar-refractivity contribution is 6.02. The molecule has 3 rings (SSSR count). The van der Waals surface area contributed by atoms with Gasteiger partial charge in [-0.15, -0.1) is 0 Å². The highest BCUT2D eigenvalue weighted by Crippen LogP contribution is 2.36. The zero-order valence-corrected chi connectivity index (χ0v) is 14.8. The van der Waals surface area contributed by atoms with Crippen molar-refractivity contribution in [2.24, 2.45) is 0 Å². The number of hydrogen-bond donors (Lipinski definition) is 1. The summed E-state index contributed by atoms with van der Waals surface area (Å²) in [5.74, 6) is -0.681. The van der Waals surface area contributed by atoms with Gasteiger partial charge < -0.3 is 14.6 Å². The number of hydrogen-bond acceptors (Lipinski definition) is 3. The van der Waals surface area contributed by atoms with Crippen LogP contribution < -0.4 is 5.32 Å². The van der Waals surface area contributed by atoms with Crippen molar-refractivity contribution >= 4 is 22.8 Å². The molecule has 1 aliphatic carbocycles. The summed E-state index contributed by atoms with van der Waals surface area (Å²) in [6, 6.07) is 8.48. The van der Waals surface area contributed by atoms with Crippen molar-refractivity contribution in [3.05, 3.63) is 47.7 Å². The summed E-state index contributed by atoms with van der Waals surface area (Å²) in [5, 5.41) is 3.92. The van der Waals surface area contributed by atoms with Gasteiger partial charge in [-0.3, -0.25) is 4.79 Å². The Morgan fingerprint density at radius 3 is 2.64 bits per heavy atom. The molecule has 1 aliphatic rings. The third kappa shape index (κ3) is 3.18. The van der Waals surface area contributed by atoms with E-state index < -0.39 is 5.97 Å². The Labute approximate surface area is 147 Å². The number of aryl methyl sites for hydroxylation is 1. The molecule has 1 saturated carbocycles. The summed E-state index contributed by atoms with van der Waals surface area (Å²) in [4.78, 5) is 24.4. The summed E-state index contributed by atoms with van der Waals surface area (Å²) in [6.07, 6.45) is 4.56. The number of methoxy groups -OCH3 is 1. The molecule has 1 fully saturated rings. The topological polar surface area (TPSA) is 60.3 Å². The number of esters is 1. The number of benzene rings is 1. The van der Waals surface area contributed by atoms with E-state index in [-0.39, 0.29) is 18.0 Å². The number of fused-ring (bicyclic) bond motifs is 1. The molecule has 0 radical (unpaired) electrons. The van der Waals surface area contributed by atoms with Crippen LogP contribution in [0.25, 0.3) is 10.9 Å². The number of carbonyl (C=O) groups excluding carboxylic acids is 2. The molecule has 1 amide bonds. The standard InChI is InChI=1S/C20H24N2O3/c1-13(20(24)25-3)12-21-19(23)18-14(2)16-10-6-7-11-17(16)22(18)15-8-4-5-9-15/h6-7,10-11,15H,1,4-5,8-9,12H2,2-3H3,(H,21,23). The van der Waals surface area contributed by atoms with Crippen molar-refractivity contribution in [2.75, 3.05) is 13.7 Å². The molecule has 132 valence electrons. The number of nitrogens with one attached hydrogen (secondary N) is 1. The fourth-order valence-corrected chi connectivity index (χ4v) is 3.74. The molecule has 1 aromatic carbocycles. The van der Waals surface area contributed by atoms with E-state index in [1.165, 1.54) is 20.0 Å². The van der Waals surface area contributed by atoms with Crippen LogP contribution in [0.1, 0.15) is 47.8 Å². The summed E-state index contributed by atoms with van der Waals surface area (Å²) in [5.41, 5.74) is 3.00. The maximum Gasteiger partial charge on any atom is 0.334 e. The van der Waals surface area contributed by atoms with Crippen molar-refractivity contribution in [2.45, 2.75) is 38.6 Å². The number of amides is 1. The van der Waals surface area contributed by atoms with Crippen LogP contribution in [0, 0.1) is 6.92 Å². The molecule has 5 heteroatoms. The van der Waals surface area contributed by atoms with E-state index in [1.807, 2.05) is 19.1 Å². The number of nitrogens with zero attached hydrogens (tertiary/aromatic N) is 1. The van der Waals surface area contributed by atoms with Crippen molar-refractivity contribution in [1.82, 2.24) is 9.88 Å². The minimum Gasteiger partial charge on any atom is -0.466 e. The second kappa shape index (κ2) is 7.13. The predicted octanol–water partition coefficient (Wildman–Crippen LogP) is 3.52. The molecular weight excluding hydrogens is 316 g/mol. The summed E-state index contributed by atoms with van der Waals surface area (Å²) in [6.45, 7) is 5.72. The van der Waals surface area contributed by atoms with Crippen molar-refractivity contribution in [1.29, 1.82) is 0 Å². The second-order valence-electron chi connectivity index (χ2n) is 6.58. The summed E-state index contributed by atoms with van der Waals surface area (Å²) in [7, 11) is 1.30. The molecule has 0 aliphatic heterocycles. The van der Waals surface area contributed by atoms with Crippen molar-refractivity contribution < 1.29 is 14.3 Å². The Morgan fingerprint density at radius 1 is 1.28 bits per heavy atom. The van der Waals surface area contributed by atoms with Gasteiger partial charge in [-0.05, 0) is 31.4 Å². The average Bonchev–Trinajstić information content (AvgIpc) is 3.25. The van der Waals surface area contributed by atoms with E-state index in [1.54, 1.807) is 0 Å². The molecular formula is C20H24N2O3. The van der Waals surface area contributed by atoms with E-state index in [0.29, 0.717) is 11.7 Å². The molecule has 0 bridgehead atoms. The van der Waals surface area contributed by atoms with Crippen molar-refractivity contribution in [3.63, 3.8) is 0 Å². The smallest absolute Gasteiger partial charge is 0.334 e. The van der Waals surface area contributed by atoms with E-state index >= 15 is 0 Å². The molecule has 0 spiro atoms. The highest BCUT2D eigenvalue weighted by atomic mass is 16.5. The van der Waals surface area contributed by atoms with Crippen LogP contribution in [0.5, 0.6) is 0 Å². The first-order valence-corrected chi connectivity index (χ1v) is 8.68. The third-order valence-electron chi connectivity index (χ3n) is 5.01. The molecule has 0 unspecified atom stereocenters. The van der Waals surface area contributed by atoms with Crippen LogP contribution >= 0.6 is 0 Å². The van der Waals surface area contributed by atoms with Crippen LogP contribution in [-0.2, 0) is 9.53 Å². The zero-order chi connectivity index (χ0) is 18.0. The first-order valence-electron chi connectivity index (χ1n) is 8.68. The molecule has 0 saturated heterocycles. The normalized spacial score (nSPS) is 14.6. The van der Waals surface area contributed by atoms with E-state index in [2.05, 4.69) is 33.3 Å². The lowest BCUT2D eigenvalue weighted by molar-refractivity contribution is -0.136. The van der Waals surface area contributed by atoms with Crippen LogP contribution in [0.2, 0.25) is 0 Å². The molecule has 1 N–H and O–H groups in total. The second-order valence-corrected chi connectivity index (χ2v) is 6.58. The lowest BCUT2D eigenvalue weighted by atomic mass is 10.1. The predicted molar refractivity (Wildman–Crippen MR) is 97.7 cm³/mol. The van der Waals surface area contributed by atoms with E-state index in [9.17, 15) is 9.59 Å². The Hall–Kier alpha value is -2.56. The lowest BCUT2D eigenvalue weighted by Crippen LogP contribution is -2.30. The van der Waals surface area contributed by atoms with Gasteiger partial charge in [0.25, 0.3) is 5.91 Å². The number of aromatic nitrogens is 1. The summed E-state index contributed by atoms with van der Waals surface area (Å²) < 4.78 is 6.82. The van der Waals surface area contributed by atoms with Crippen LogP contribution in [0.3, 0.4) is 0 Å². The fraction of sp³-hybridized carbons (Fsp3) is 0.400. The van der Waals surface area contributed by atoms with Gasteiger partial charge in [0.2, 0.25) is 0 Å². The monoisotopic (exact) mass is 340 g/mol. The molecule has 0 atom stereocenters. The minimum atomic E-state index is -0.506. The van der Waals surface area contributed by atoms with Gasteiger partial charge in [-0.1, -0.05) is 37.6 Å². The number of ether oxygens (including phenoxy) is 1. The van der Waals surface area contributed by atoms with Gasteiger partial charge in [0.1, 0.15) is 5.69 Å². The maximum atomic E-state index is 12.9. The van der Waals surface area contributed by atoms with Gasteiger partial charge >= 0.3 is 5.97 Å². The van der Waals surface area contributed by atoms with Crippen LogP contribution in [0.15, 0.2) is 36.4 Å². The SMILES string of the molecule is C=C(CNC(=O)c1c(C)c2ccccc2n1C1CCCC1)C(=O)OC. The summed E-state index contributed by atoms with van der Waals surface area (Å²) >= 11 is 0. The molecule has 25 heavy (non-hydrogen) atoms. The fourth-order valence-electron chi connectivity index (χ4n) is 3.74. The molecule has 5 nitrogen and oxygen atoms in total. The van der Waals surface area contributed by atoms with Crippen LogP contribution in [-0.4, -0.2) is 30.1 Å². The Kier molecular flexibility index (Phi) is 4.93. The van der Waals surface area contributed by atoms with Gasteiger partial charge in [0.15, 0.2) is 0 Å². The highest BCUT2D eigenvalue weighted by Gasteiger charge is 2.27. The van der Waals surface area contributed by atoms with Crippen LogP contribution in [0.4, 0.5) is 0 Å². The van der Waals surface area contributed by atoms with Gasteiger partial charge in [0, 0.05) is 29.1 Å².